The number of hydrogen-bond donors (Lipinski definition) is 3. The van der Waals surface area contributed by atoms with E-state index in [0.717, 1.165) is 54.9 Å². The van der Waals surface area contributed by atoms with E-state index in [9.17, 15) is 15.0 Å². The van der Waals surface area contributed by atoms with Crippen LogP contribution in [0.15, 0.2) is 48.8 Å². The van der Waals surface area contributed by atoms with Crippen LogP contribution < -0.4 is 14.8 Å². The molecule has 2 aromatic rings. The van der Waals surface area contributed by atoms with Crippen molar-refractivity contribution in [2.45, 2.75) is 57.7 Å². The van der Waals surface area contributed by atoms with E-state index in [1.807, 2.05) is 40.9 Å². The van der Waals surface area contributed by atoms with Gasteiger partial charge in [-0.25, -0.2) is 4.57 Å². The second-order valence-corrected chi connectivity index (χ2v) is 10.9. The molecule has 0 aliphatic rings. The summed E-state index contributed by atoms with van der Waals surface area (Å²) in [6.07, 6.45) is 11.9. The van der Waals surface area contributed by atoms with Gasteiger partial charge in [0.1, 0.15) is 6.54 Å². The number of pyridine rings is 1. The molecule has 1 aromatic carbocycles. The van der Waals surface area contributed by atoms with Crippen LogP contribution in [0.2, 0.25) is 0 Å². The predicted octanol–water partition coefficient (Wildman–Crippen LogP) is 4.14. The van der Waals surface area contributed by atoms with Crippen molar-refractivity contribution < 1.29 is 19.6 Å². The first-order chi connectivity index (χ1) is 17.4. The number of aliphatic hydroxyl groups excluding tert-OH is 2. The van der Waals surface area contributed by atoms with Gasteiger partial charge in [0.2, 0.25) is 5.91 Å². The maximum Gasteiger partial charge on any atom is 0.220 e. The average Bonchev–Trinajstić information content (AvgIpc) is 2.91. The Labute approximate surface area is 221 Å². The molecule has 0 unspecified atom stereocenters. The molecule has 0 radical (unpaired) electrons. The smallest absolute Gasteiger partial charge is 0.220 e. The first-order valence-corrected chi connectivity index (χ1v) is 14.1. The van der Waals surface area contributed by atoms with E-state index in [1.54, 1.807) is 0 Å². The Kier molecular flexibility index (Phi) is 13.6. The molecule has 1 aromatic heterocycles. The number of rotatable bonds is 17. The lowest BCUT2D eigenvalue weighted by atomic mass is 10.1. The van der Waals surface area contributed by atoms with Gasteiger partial charge in [0.25, 0.3) is 0 Å². The van der Waals surface area contributed by atoms with Crippen molar-refractivity contribution in [3.8, 4) is 0 Å². The van der Waals surface area contributed by atoms with Crippen LogP contribution in [-0.4, -0.2) is 59.5 Å². The summed E-state index contributed by atoms with van der Waals surface area (Å²) in [6, 6.07) is 12.2. The summed E-state index contributed by atoms with van der Waals surface area (Å²) >= 11 is 1.95. The number of anilines is 1. The van der Waals surface area contributed by atoms with Crippen molar-refractivity contribution in [2.24, 2.45) is 0 Å². The molecule has 0 spiro atoms. The van der Waals surface area contributed by atoms with Gasteiger partial charge in [0, 0.05) is 60.8 Å². The Morgan fingerprint density at radius 1 is 1.00 bits per heavy atom. The molecule has 0 atom stereocenters. The van der Waals surface area contributed by atoms with E-state index in [0.29, 0.717) is 24.3 Å². The molecule has 0 saturated heterocycles. The minimum atomic E-state index is 0.0555. The van der Waals surface area contributed by atoms with Crippen molar-refractivity contribution in [3.05, 3.63) is 59.9 Å². The third-order valence-electron chi connectivity index (χ3n) is 6.57. The second kappa shape index (κ2) is 16.4. The molecule has 0 aliphatic carbocycles. The topological polar surface area (TPSA) is 76.7 Å². The average molecular weight is 515 g/mol. The van der Waals surface area contributed by atoms with Crippen LogP contribution in [0.1, 0.15) is 57.6 Å². The molecular formula is C29H44N3O3S+. The third-order valence-corrected chi connectivity index (χ3v) is 8.26. The lowest BCUT2D eigenvalue weighted by molar-refractivity contribution is -0.697. The molecule has 1 heterocycles. The first kappa shape index (κ1) is 29.9. The molecule has 0 fully saturated rings. The van der Waals surface area contributed by atoms with Crippen LogP contribution in [-0.2, 0) is 11.3 Å². The Hall–Kier alpha value is -2.35. The number of benzene rings is 1. The number of carbonyl (C=O) groups is 1. The molecule has 2 rings (SSSR count). The number of amides is 1. The summed E-state index contributed by atoms with van der Waals surface area (Å²) in [6.45, 7) is 9.41. The van der Waals surface area contributed by atoms with Gasteiger partial charge in [0.05, 0.1) is 13.2 Å². The van der Waals surface area contributed by atoms with E-state index >= 15 is 0 Å². The summed E-state index contributed by atoms with van der Waals surface area (Å²) in [4.78, 5) is 14.1. The van der Waals surface area contributed by atoms with Gasteiger partial charge in [-0.05, 0) is 36.1 Å². The molecule has 198 valence electrons. The van der Waals surface area contributed by atoms with Gasteiger partial charge >= 0.3 is 0 Å². The number of nitrogens with zero attached hydrogens (tertiary/aromatic N) is 2. The molecule has 1 amide bonds. The van der Waals surface area contributed by atoms with E-state index in [2.05, 4.69) is 67.3 Å². The standard InChI is InChI=1S/C29H43N3O3S/c1-4-29(3,5-2)36-24-16-30-28(35)7-6-17-31-18-14-26(15-19-31)9-8-25-10-12-27(13-11-25)32(20-22-33)21-23-34/h8-15,18-19,33-34H,4-7,16-17,20-24H2,1-3H3/p+1. The minimum Gasteiger partial charge on any atom is -0.395 e. The number of thioether (sulfide) groups is 1. The van der Waals surface area contributed by atoms with Gasteiger partial charge < -0.3 is 20.4 Å². The fraction of sp³-hybridized carbons (Fsp3) is 0.517. The highest BCUT2D eigenvalue weighted by Crippen LogP contribution is 2.31. The van der Waals surface area contributed by atoms with Gasteiger partial charge in [-0.2, -0.15) is 11.8 Å². The maximum atomic E-state index is 12.1. The van der Waals surface area contributed by atoms with Crippen LogP contribution >= 0.6 is 11.8 Å². The van der Waals surface area contributed by atoms with Gasteiger partial charge in [-0.3, -0.25) is 4.79 Å². The molecule has 36 heavy (non-hydrogen) atoms. The maximum absolute atomic E-state index is 12.1. The lowest BCUT2D eigenvalue weighted by Gasteiger charge is -2.25. The van der Waals surface area contributed by atoms with Crippen LogP contribution in [0.25, 0.3) is 12.2 Å². The van der Waals surface area contributed by atoms with Crippen molar-refractivity contribution in [2.75, 3.05) is 43.5 Å². The first-order valence-electron chi connectivity index (χ1n) is 13.1. The zero-order chi connectivity index (χ0) is 26.2. The minimum absolute atomic E-state index is 0.0555. The monoisotopic (exact) mass is 514 g/mol. The fourth-order valence-electron chi connectivity index (χ4n) is 3.78. The van der Waals surface area contributed by atoms with E-state index in [1.165, 1.54) is 0 Å². The van der Waals surface area contributed by atoms with Crippen LogP contribution in [0.3, 0.4) is 0 Å². The summed E-state index contributed by atoms with van der Waals surface area (Å²) in [7, 11) is 0. The molecule has 0 aliphatic heterocycles. The van der Waals surface area contributed by atoms with Crippen molar-refractivity contribution in [1.82, 2.24) is 5.32 Å². The summed E-state index contributed by atoms with van der Waals surface area (Å²) in [5.74, 6) is 1.09. The molecule has 7 heteroatoms. The van der Waals surface area contributed by atoms with E-state index in [4.69, 9.17) is 0 Å². The SMILES string of the molecule is CCC(C)(CC)SCCNC(=O)CCC[n+]1ccc(C=Cc2ccc(N(CCO)CCO)cc2)cc1. The second-order valence-electron chi connectivity index (χ2n) is 9.19. The lowest BCUT2D eigenvalue weighted by Crippen LogP contribution is -2.34. The highest BCUT2D eigenvalue weighted by molar-refractivity contribution is 8.00. The van der Waals surface area contributed by atoms with Crippen LogP contribution in [0.4, 0.5) is 5.69 Å². The summed E-state index contributed by atoms with van der Waals surface area (Å²) in [5.41, 5.74) is 3.18. The highest BCUT2D eigenvalue weighted by Gasteiger charge is 2.19. The van der Waals surface area contributed by atoms with Crippen LogP contribution in [0.5, 0.6) is 0 Å². The molecule has 0 bridgehead atoms. The third kappa shape index (κ3) is 10.7. The quantitative estimate of drug-likeness (QED) is 0.218. The zero-order valence-electron chi connectivity index (χ0n) is 22.2. The highest BCUT2D eigenvalue weighted by atomic mass is 32.2. The van der Waals surface area contributed by atoms with Gasteiger partial charge in [-0.15, -0.1) is 0 Å². The number of hydrogen-bond acceptors (Lipinski definition) is 5. The van der Waals surface area contributed by atoms with Gasteiger partial charge in [-0.1, -0.05) is 45.1 Å². The molecule has 0 saturated carbocycles. The van der Waals surface area contributed by atoms with Gasteiger partial charge in [0.15, 0.2) is 12.4 Å². The largest absolute Gasteiger partial charge is 0.395 e. The zero-order valence-corrected chi connectivity index (χ0v) is 23.0. The predicted molar refractivity (Wildman–Crippen MR) is 152 cm³/mol. The van der Waals surface area contributed by atoms with E-state index < -0.39 is 0 Å². The van der Waals surface area contributed by atoms with Crippen molar-refractivity contribution >= 4 is 35.5 Å². The number of carbonyl (C=O) groups excluding carboxylic acids is 1. The van der Waals surface area contributed by atoms with E-state index in [-0.39, 0.29) is 19.1 Å². The Morgan fingerprint density at radius 3 is 2.14 bits per heavy atom. The normalized spacial score (nSPS) is 11.7. The molecule has 6 nitrogen and oxygen atoms in total. The summed E-state index contributed by atoms with van der Waals surface area (Å²) in [5, 5.41) is 21.5. The number of aromatic nitrogens is 1. The fourth-order valence-corrected chi connectivity index (χ4v) is 4.89. The van der Waals surface area contributed by atoms with Crippen molar-refractivity contribution in [1.29, 1.82) is 0 Å². The Balaban J connectivity index is 1.73. The Bertz CT molecular complexity index is 906. The molecule has 3 N–H and O–H groups in total. The van der Waals surface area contributed by atoms with Crippen LogP contribution in [0, 0.1) is 0 Å². The summed E-state index contributed by atoms with van der Waals surface area (Å²) < 4.78 is 2.43. The van der Waals surface area contributed by atoms with Crippen molar-refractivity contribution in [3.63, 3.8) is 0 Å². The molecular weight excluding hydrogens is 470 g/mol. The number of aryl methyl sites for hydroxylation is 1. The number of aliphatic hydroxyl groups is 2. The Morgan fingerprint density at radius 2 is 1.58 bits per heavy atom. The number of nitrogens with one attached hydrogen (secondary N) is 1.